The van der Waals surface area contributed by atoms with Crippen LogP contribution in [0.25, 0.3) is 0 Å². The molecule has 0 saturated heterocycles. The highest BCUT2D eigenvalue weighted by atomic mass is 79.9. The zero-order chi connectivity index (χ0) is 17.6. The minimum atomic E-state index is -3.50. The van der Waals surface area contributed by atoms with Gasteiger partial charge in [-0.1, -0.05) is 51.8 Å². The maximum absolute atomic E-state index is 12.1. The van der Waals surface area contributed by atoms with Crippen molar-refractivity contribution < 1.29 is 13.2 Å². The molecule has 0 aliphatic heterocycles. The van der Waals surface area contributed by atoms with Crippen LogP contribution in [-0.4, -0.2) is 26.6 Å². The van der Waals surface area contributed by atoms with Gasteiger partial charge in [0.15, 0.2) is 9.84 Å². The fraction of sp³-hybridized carbons (Fsp3) is 0.235. The van der Waals surface area contributed by atoms with Crippen molar-refractivity contribution in [3.8, 4) is 0 Å². The number of hydrogen-bond acceptors (Lipinski definition) is 3. The Hall–Kier alpha value is -1.37. The molecule has 24 heavy (non-hydrogen) atoms. The summed E-state index contributed by atoms with van der Waals surface area (Å²) in [4.78, 5) is 11.8. The number of hydrogen-bond donors (Lipinski definition) is 1. The Morgan fingerprint density at radius 2 is 1.79 bits per heavy atom. The summed E-state index contributed by atoms with van der Waals surface area (Å²) >= 11 is 9.10. The lowest BCUT2D eigenvalue weighted by atomic mass is 10.1. The molecular formula is C17H17BrClNO3S. The van der Waals surface area contributed by atoms with Crippen LogP contribution in [0.3, 0.4) is 0 Å². The first-order chi connectivity index (χ1) is 11.3. The van der Waals surface area contributed by atoms with Crippen molar-refractivity contribution in [3.63, 3.8) is 0 Å². The molecule has 4 nitrogen and oxygen atoms in total. The van der Waals surface area contributed by atoms with Gasteiger partial charge in [0.1, 0.15) is 5.75 Å². The average molecular weight is 431 g/mol. The average Bonchev–Trinajstić information content (AvgIpc) is 2.48. The van der Waals surface area contributed by atoms with Gasteiger partial charge >= 0.3 is 0 Å². The van der Waals surface area contributed by atoms with Crippen molar-refractivity contribution in [2.45, 2.75) is 12.2 Å². The zero-order valence-electron chi connectivity index (χ0n) is 12.8. The second-order valence-corrected chi connectivity index (χ2v) is 8.81. The van der Waals surface area contributed by atoms with Gasteiger partial charge in [-0.05, 0) is 41.8 Å². The smallest absolute Gasteiger partial charge is 0.235 e. The van der Waals surface area contributed by atoms with Gasteiger partial charge in [0.05, 0.1) is 5.75 Å². The van der Waals surface area contributed by atoms with Crippen LogP contribution in [0.4, 0.5) is 0 Å². The molecule has 0 bridgehead atoms. The number of benzene rings is 2. The summed E-state index contributed by atoms with van der Waals surface area (Å²) in [6, 6.07) is 14.3. The van der Waals surface area contributed by atoms with E-state index in [0.717, 1.165) is 10.0 Å². The topological polar surface area (TPSA) is 63.2 Å². The van der Waals surface area contributed by atoms with E-state index < -0.39 is 21.5 Å². The third-order valence-electron chi connectivity index (χ3n) is 3.28. The lowest BCUT2D eigenvalue weighted by Gasteiger charge is -2.07. The van der Waals surface area contributed by atoms with Gasteiger partial charge in [-0.15, -0.1) is 0 Å². The predicted molar refractivity (Wildman–Crippen MR) is 99.8 cm³/mol. The van der Waals surface area contributed by atoms with Crippen molar-refractivity contribution in [2.75, 3.05) is 12.3 Å². The van der Waals surface area contributed by atoms with Gasteiger partial charge in [0, 0.05) is 16.0 Å². The number of rotatable bonds is 7. The molecule has 2 aromatic carbocycles. The summed E-state index contributed by atoms with van der Waals surface area (Å²) in [5, 5.41) is 3.29. The highest BCUT2D eigenvalue weighted by Crippen LogP contribution is 2.14. The Morgan fingerprint density at radius 3 is 2.46 bits per heavy atom. The number of halogens is 2. The molecular weight excluding hydrogens is 414 g/mol. The van der Waals surface area contributed by atoms with Crippen molar-refractivity contribution >= 4 is 43.3 Å². The number of sulfone groups is 1. The van der Waals surface area contributed by atoms with Crippen molar-refractivity contribution in [2.24, 2.45) is 0 Å². The van der Waals surface area contributed by atoms with Crippen molar-refractivity contribution in [1.29, 1.82) is 0 Å². The zero-order valence-corrected chi connectivity index (χ0v) is 16.0. The van der Waals surface area contributed by atoms with Gasteiger partial charge in [0.2, 0.25) is 5.91 Å². The molecule has 0 saturated carbocycles. The quantitative estimate of drug-likeness (QED) is 0.732. The normalized spacial score (nSPS) is 11.2. The van der Waals surface area contributed by atoms with Crippen LogP contribution < -0.4 is 5.32 Å². The fourth-order valence-corrected chi connectivity index (χ4v) is 4.04. The van der Waals surface area contributed by atoms with E-state index in [0.29, 0.717) is 23.6 Å². The first-order valence-electron chi connectivity index (χ1n) is 7.30. The SMILES string of the molecule is O=C(CS(=O)(=O)Cc1cccc(Br)c1)NCCc1ccc(Cl)cc1. The number of nitrogens with one attached hydrogen (secondary N) is 1. The van der Waals surface area contributed by atoms with Crippen LogP contribution >= 0.6 is 27.5 Å². The van der Waals surface area contributed by atoms with Crippen LogP contribution in [0, 0.1) is 0 Å². The second kappa shape index (κ2) is 8.65. The molecule has 0 unspecified atom stereocenters. The number of amides is 1. The van der Waals surface area contributed by atoms with Crippen LogP contribution in [-0.2, 0) is 26.8 Å². The maximum atomic E-state index is 12.1. The maximum Gasteiger partial charge on any atom is 0.235 e. The first-order valence-corrected chi connectivity index (χ1v) is 10.3. The molecule has 2 aromatic rings. The van der Waals surface area contributed by atoms with Gasteiger partial charge in [-0.3, -0.25) is 4.79 Å². The monoisotopic (exact) mass is 429 g/mol. The Balaban J connectivity index is 1.81. The van der Waals surface area contributed by atoms with E-state index in [1.165, 1.54) is 0 Å². The van der Waals surface area contributed by atoms with E-state index in [4.69, 9.17) is 11.6 Å². The van der Waals surface area contributed by atoms with E-state index in [1.54, 1.807) is 30.3 Å². The Morgan fingerprint density at radius 1 is 1.08 bits per heavy atom. The third-order valence-corrected chi connectivity index (χ3v) is 5.50. The largest absolute Gasteiger partial charge is 0.355 e. The van der Waals surface area contributed by atoms with Crippen molar-refractivity contribution in [1.82, 2.24) is 5.32 Å². The summed E-state index contributed by atoms with van der Waals surface area (Å²) in [5.41, 5.74) is 1.68. The van der Waals surface area contributed by atoms with Gasteiger partial charge in [-0.2, -0.15) is 0 Å². The van der Waals surface area contributed by atoms with Gasteiger partial charge < -0.3 is 5.32 Å². The number of carbonyl (C=O) groups is 1. The van der Waals surface area contributed by atoms with Crippen LogP contribution in [0.15, 0.2) is 53.0 Å². The predicted octanol–water partition coefficient (Wildman–Crippen LogP) is 3.38. The Bertz CT molecular complexity index is 807. The van der Waals surface area contributed by atoms with E-state index in [1.807, 2.05) is 18.2 Å². The summed E-state index contributed by atoms with van der Waals surface area (Å²) in [6.45, 7) is 0.382. The molecule has 0 aliphatic rings. The number of carbonyl (C=O) groups excluding carboxylic acids is 1. The summed E-state index contributed by atoms with van der Waals surface area (Å²) < 4.78 is 25.0. The molecule has 7 heteroatoms. The molecule has 0 aliphatic carbocycles. The summed E-state index contributed by atoms with van der Waals surface area (Å²) in [5.74, 6) is -1.16. The van der Waals surface area contributed by atoms with Crippen LogP contribution in [0.1, 0.15) is 11.1 Å². The van der Waals surface area contributed by atoms with Gasteiger partial charge in [0.25, 0.3) is 0 Å². The minimum Gasteiger partial charge on any atom is -0.355 e. The summed E-state index contributed by atoms with van der Waals surface area (Å²) in [6.07, 6.45) is 0.620. The summed E-state index contributed by atoms with van der Waals surface area (Å²) in [7, 11) is -3.50. The molecule has 0 atom stereocenters. The molecule has 0 fully saturated rings. The third kappa shape index (κ3) is 6.63. The molecule has 2 rings (SSSR count). The van der Waals surface area contributed by atoms with E-state index in [-0.39, 0.29) is 5.75 Å². The Kier molecular flexibility index (Phi) is 6.83. The first kappa shape index (κ1) is 19.0. The minimum absolute atomic E-state index is 0.156. The highest BCUT2D eigenvalue weighted by molar-refractivity contribution is 9.10. The second-order valence-electron chi connectivity index (χ2n) is 5.39. The molecule has 128 valence electrons. The van der Waals surface area contributed by atoms with Crippen LogP contribution in [0.5, 0.6) is 0 Å². The Labute approximate surface area is 155 Å². The molecule has 0 spiro atoms. The van der Waals surface area contributed by atoms with E-state index in [9.17, 15) is 13.2 Å². The molecule has 1 amide bonds. The highest BCUT2D eigenvalue weighted by Gasteiger charge is 2.17. The lowest BCUT2D eigenvalue weighted by molar-refractivity contribution is -0.118. The standard InChI is InChI=1S/C17H17BrClNO3S/c18-15-3-1-2-14(10-15)11-24(22,23)12-17(21)20-9-8-13-4-6-16(19)7-5-13/h1-7,10H,8-9,11-12H2,(H,20,21). The van der Waals surface area contributed by atoms with E-state index in [2.05, 4.69) is 21.2 Å². The molecule has 1 N–H and O–H groups in total. The molecule has 0 aromatic heterocycles. The van der Waals surface area contributed by atoms with Crippen molar-refractivity contribution in [3.05, 3.63) is 69.2 Å². The van der Waals surface area contributed by atoms with Gasteiger partial charge in [-0.25, -0.2) is 8.42 Å². The van der Waals surface area contributed by atoms with E-state index >= 15 is 0 Å². The molecule has 0 heterocycles. The fourth-order valence-electron chi connectivity index (χ4n) is 2.18. The van der Waals surface area contributed by atoms with Crippen LogP contribution in [0.2, 0.25) is 5.02 Å². The lowest BCUT2D eigenvalue weighted by Crippen LogP contribution is -2.32. The molecule has 0 radical (unpaired) electrons.